The molecule has 0 spiro atoms. The first-order valence-electron chi connectivity index (χ1n) is 7.66. The van der Waals surface area contributed by atoms with Crippen LogP contribution in [0.5, 0.6) is 0 Å². The Morgan fingerprint density at radius 2 is 2.05 bits per heavy atom. The number of hydrogen-bond acceptors (Lipinski definition) is 3. The van der Waals surface area contributed by atoms with E-state index in [4.69, 9.17) is 15.5 Å². The molecule has 1 aromatic heterocycles. The molecule has 4 nitrogen and oxygen atoms in total. The third kappa shape index (κ3) is 2.42. The predicted octanol–water partition coefficient (Wildman–Crippen LogP) is 3.49. The molecule has 1 aromatic carbocycles. The topological polar surface area (TPSA) is 53.1 Å². The van der Waals surface area contributed by atoms with Gasteiger partial charge in [-0.05, 0) is 37.5 Å². The van der Waals surface area contributed by atoms with Gasteiger partial charge in [-0.1, -0.05) is 20.8 Å². The largest absolute Gasteiger partial charge is 0.399 e. The normalized spacial score (nSPS) is 17.9. The number of methoxy groups -OCH3 is 1. The summed E-state index contributed by atoms with van der Waals surface area (Å²) in [6.07, 6.45) is 3.50. The molecule has 114 valence electrons. The van der Waals surface area contributed by atoms with Gasteiger partial charge in [0.25, 0.3) is 0 Å². The number of anilines is 1. The molecule has 1 saturated carbocycles. The number of rotatable bonds is 3. The number of nitrogens with two attached hydrogens (primary N) is 1. The fourth-order valence-corrected chi connectivity index (χ4v) is 3.17. The van der Waals surface area contributed by atoms with Crippen LogP contribution in [0.15, 0.2) is 18.2 Å². The van der Waals surface area contributed by atoms with Crippen LogP contribution in [0.1, 0.15) is 45.9 Å². The van der Waals surface area contributed by atoms with Gasteiger partial charge in [-0.15, -0.1) is 0 Å². The van der Waals surface area contributed by atoms with Crippen molar-refractivity contribution in [1.82, 2.24) is 9.55 Å². The first-order valence-corrected chi connectivity index (χ1v) is 7.66. The summed E-state index contributed by atoms with van der Waals surface area (Å²) >= 11 is 0. The summed E-state index contributed by atoms with van der Waals surface area (Å²) in [5.74, 6) is 1.10. The lowest BCUT2D eigenvalue weighted by molar-refractivity contribution is -0.0835. The maximum atomic E-state index is 5.91. The van der Waals surface area contributed by atoms with Gasteiger partial charge >= 0.3 is 0 Å². The summed E-state index contributed by atoms with van der Waals surface area (Å²) in [7, 11) is 1.83. The first-order chi connectivity index (χ1) is 9.85. The summed E-state index contributed by atoms with van der Waals surface area (Å²) in [5.41, 5.74) is 8.77. The maximum absolute atomic E-state index is 5.91. The van der Waals surface area contributed by atoms with Gasteiger partial charge in [0.15, 0.2) is 0 Å². The van der Waals surface area contributed by atoms with Gasteiger partial charge in [-0.2, -0.15) is 0 Å². The molecule has 0 unspecified atom stereocenters. The second kappa shape index (κ2) is 4.73. The molecule has 4 heteroatoms. The molecule has 1 aliphatic rings. The SMILES string of the molecule is COC1(Cn2c(C(C)(C)C)nc3cc(N)ccc32)CCC1. The zero-order chi connectivity index (χ0) is 15.3. The molecule has 0 amide bonds. The Labute approximate surface area is 126 Å². The van der Waals surface area contributed by atoms with E-state index in [9.17, 15) is 0 Å². The molecule has 1 fully saturated rings. The number of fused-ring (bicyclic) bond motifs is 1. The van der Waals surface area contributed by atoms with Crippen molar-refractivity contribution in [1.29, 1.82) is 0 Å². The van der Waals surface area contributed by atoms with Crippen LogP contribution in [0.25, 0.3) is 11.0 Å². The van der Waals surface area contributed by atoms with Crippen LogP contribution in [-0.2, 0) is 16.7 Å². The molecule has 0 atom stereocenters. The first kappa shape index (κ1) is 14.4. The molecule has 21 heavy (non-hydrogen) atoms. The highest BCUT2D eigenvalue weighted by atomic mass is 16.5. The lowest BCUT2D eigenvalue weighted by Crippen LogP contribution is -2.44. The number of aromatic nitrogens is 2. The molecule has 2 aromatic rings. The van der Waals surface area contributed by atoms with Gasteiger partial charge in [-0.25, -0.2) is 4.98 Å². The summed E-state index contributed by atoms with van der Waals surface area (Å²) < 4.78 is 8.14. The number of nitrogen functional groups attached to an aromatic ring is 1. The minimum Gasteiger partial charge on any atom is -0.399 e. The van der Waals surface area contributed by atoms with Crippen molar-refractivity contribution in [2.24, 2.45) is 0 Å². The Bertz CT molecular complexity index is 657. The predicted molar refractivity (Wildman–Crippen MR) is 86.4 cm³/mol. The number of imidazole rings is 1. The Hall–Kier alpha value is -1.55. The molecule has 2 N–H and O–H groups in total. The zero-order valence-corrected chi connectivity index (χ0v) is 13.4. The van der Waals surface area contributed by atoms with Gasteiger partial charge in [-0.3, -0.25) is 0 Å². The standard InChI is InChI=1S/C17H25N3O/c1-16(2,3)15-19-13-10-12(18)6-7-14(13)20(15)11-17(21-4)8-5-9-17/h6-7,10H,5,8-9,11,18H2,1-4H3. The third-order valence-electron chi connectivity index (χ3n) is 4.59. The fraction of sp³-hybridized carbons (Fsp3) is 0.588. The van der Waals surface area contributed by atoms with Crippen molar-refractivity contribution in [3.63, 3.8) is 0 Å². The number of ether oxygens (including phenoxy) is 1. The van der Waals surface area contributed by atoms with Gasteiger partial charge < -0.3 is 15.0 Å². The summed E-state index contributed by atoms with van der Waals surface area (Å²) in [6, 6.07) is 5.99. The van der Waals surface area contributed by atoms with E-state index in [0.717, 1.165) is 41.9 Å². The molecular formula is C17H25N3O. The fourth-order valence-electron chi connectivity index (χ4n) is 3.17. The Morgan fingerprint density at radius 3 is 2.57 bits per heavy atom. The van der Waals surface area contributed by atoms with Gasteiger partial charge in [0.05, 0.1) is 23.2 Å². The van der Waals surface area contributed by atoms with Crippen LogP contribution in [0.2, 0.25) is 0 Å². The van der Waals surface area contributed by atoms with Crippen molar-refractivity contribution in [2.45, 2.75) is 57.6 Å². The van der Waals surface area contributed by atoms with E-state index in [1.54, 1.807) is 0 Å². The van der Waals surface area contributed by atoms with Crippen LogP contribution < -0.4 is 5.73 Å². The van der Waals surface area contributed by atoms with Crippen LogP contribution in [-0.4, -0.2) is 22.3 Å². The maximum Gasteiger partial charge on any atom is 0.115 e. The minimum absolute atomic E-state index is 0.00748. The average Bonchev–Trinajstić information content (AvgIpc) is 2.71. The van der Waals surface area contributed by atoms with Crippen molar-refractivity contribution >= 4 is 16.7 Å². The molecule has 1 heterocycles. The van der Waals surface area contributed by atoms with Crippen molar-refractivity contribution in [3.8, 4) is 0 Å². The van der Waals surface area contributed by atoms with E-state index in [1.807, 2.05) is 19.2 Å². The zero-order valence-electron chi connectivity index (χ0n) is 13.4. The molecular weight excluding hydrogens is 262 g/mol. The third-order valence-corrected chi connectivity index (χ3v) is 4.59. The summed E-state index contributed by atoms with van der Waals surface area (Å²) in [6.45, 7) is 7.48. The van der Waals surface area contributed by atoms with Crippen molar-refractivity contribution in [3.05, 3.63) is 24.0 Å². The van der Waals surface area contributed by atoms with Crippen LogP contribution >= 0.6 is 0 Å². The monoisotopic (exact) mass is 287 g/mol. The van der Waals surface area contributed by atoms with E-state index in [2.05, 4.69) is 31.4 Å². The number of nitrogens with zero attached hydrogens (tertiary/aromatic N) is 2. The van der Waals surface area contributed by atoms with Crippen LogP contribution in [0.3, 0.4) is 0 Å². The smallest absolute Gasteiger partial charge is 0.115 e. The highest BCUT2D eigenvalue weighted by Crippen LogP contribution is 2.39. The van der Waals surface area contributed by atoms with Gasteiger partial charge in [0.1, 0.15) is 5.82 Å². The lowest BCUT2D eigenvalue weighted by atomic mass is 9.79. The molecule has 0 aliphatic heterocycles. The van der Waals surface area contributed by atoms with E-state index in [0.29, 0.717) is 0 Å². The second-order valence-electron chi connectivity index (χ2n) is 7.26. The molecule has 0 bridgehead atoms. The van der Waals surface area contributed by atoms with Gasteiger partial charge in [0.2, 0.25) is 0 Å². The summed E-state index contributed by atoms with van der Waals surface area (Å²) in [5, 5.41) is 0. The number of hydrogen-bond donors (Lipinski definition) is 1. The van der Waals surface area contributed by atoms with Crippen LogP contribution in [0.4, 0.5) is 5.69 Å². The molecule has 3 rings (SSSR count). The van der Waals surface area contributed by atoms with Crippen molar-refractivity contribution in [2.75, 3.05) is 12.8 Å². The van der Waals surface area contributed by atoms with E-state index in [1.165, 1.54) is 6.42 Å². The van der Waals surface area contributed by atoms with E-state index < -0.39 is 0 Å². The van der Waals surface area contributed by atoms with E-state index >= 15 is 0 Å². The minimum atomic E-state index is -0.0188. The molecule has 0 saturated heterocycles. The van der Waals surface area contributed by atoms with Gasteiger partial charge in [0, 0.05) is 18.2 Å². The Balaban J connectivity index is 2.14. The quantitative estimate of drug-likeness (QED) is 0.879. The van der Waals surface area contributed by atoms with E-state index in [-0.39, 0.29) is 11.0 Å². The molecule has 0 radical (unpaired) electrons. The highest BCUT2D eigenvalue weighted by Gasteiger charge is 2.39. The highest BCUT2D eigenvalue weighted by molar-refractivity contribution is 5.80. The second-order valence-corrected chi connectivity index (χ2v) is 7.26. The lowest BCUT2D eigenvalue weighted by Gasteiger charge is -2.41. The average molecular weight is 287 g/mol. The summed E-state index contributed by atoms with van der Waals surface area (Å²) in [4.78, 5) is 4.85. The Kier molecular flexibility index (Phi) is 3.24. The van der Waals surface area contributed by atoms with Crippen LogP contribution in [0, 0.1) is 0 Å². The Morgan fingerprint density at radius 1 is 1.33 bits per heavy atom. The number of benzene rings is 1. The van der Waals surface area contributed by atoms with Crippen molar-refractivity contribution < 1.29 is 4.74 Å². The molecule has 1 aliphatic carbocycles.